The highest BCUT2D eigenvalue weighted by Crippen LogP contribution is 2.25. The van der Waals surface area contributed by atoms with Crippen molar-refractivity contribution in [1.82, 2.24) is 0 Å². The lowest BCUT2D eigenvalue weighted by Crippen LogP contribution is -2.19. The van der Waals surface area contributed by atoms with E-state index in [4.69, 9.17) is 4.74 Å². The zero-order valence-electron chi connectivity index (χ0n) is 10.0. The molecule has 2 unspecified atom stereocenters. The molecule has 0 aliphatic heterocycles. The number of rotatable bonds is 5. The summed E-state index contributed by atoms with van der Waals surface area (Å²) in [7, 11) is 1.65. The van der Waals surface area contributed by atoms with E-state index in [1.807, 2.05) is 18.2 Å². The number of hydrogen-bond acceptors (Lipinski definition) is 2. The molecule has 0 bridgehead atoms. The molecule has 0 amide bonds. The summed E-state index contributed by atoms with van der Waals surface area (Å²) in [5.74, 6) is 1.15. The van der Waals surface area contributed by atoms with Crippen molar-refractivity contribution in [2.24, 2.45) is 5.92 Å². The molecule has 3 heteroatoms. The molecule has 2 atom stereocenters. The largest absolute Gasteiger partial charge is 0.497 e. The highest BCUT2D eigenvalue weighted by Gasteiger charge is 2.14. The Morgan fingerprint density at radius 1 is 1.44 bits per heavy atom. The molecule has 0 aromatic heterocycles. The first-order valence-electron chi connectivity index (χ1n) is 5.59. The van der Waals surface area contributed by atoms with E-state index in [1.54, 1.807) is 7.11 Å². The third kappa shape index (κ3) is 3.49. The molecular formula is C13H19BrO2. The lowest BCUT2D eigenvalue weighted by Gasteiger charge is -2.18. The van der Waals surface area contributed by atoms with Crippen molar-refractivity contribution < 1.29 is 9.84 Å². The average Bonchev–Trinajstić information content (AvgIpc) is 2.30. The molecule has 0 radical (unpaired) electrons. The first-order chi connectivity index (χ1) is 7.58. The zero-order valence-corrected chi connectivity index (χ0v) is 11.6. The third-order valence-corrected chi connectivity index (χ3v) is 3.76. The van der Waals surface area contributed by atoms with Crippen molar-refractivity contribution >= 4 is 15.9 Å². The van der Waals surface area contributed by atoms with Crippen LogP contribution >= 0.6 is 15.9 Å². The van der Waals surface area contributed by atoms with Gasteiger partial charge in [-0.3, -0.25) is 0 Å². The van der Waals surface area contributed by atoms with Crippen molar-refractivity contribution in [1.29, 1.82) is 0 Å². The Balaban J connectivity index is 2.79. The summed E-state index contributed by atoms with van der Waals surface area (Å²) in [5, 5.41) is 10.00. The van der Waals surface area contributed by atoms with Crippen molar-refractivity contribution in [2.45, 2.75) is 32.8 Å². The van der Waals surface area contributed by atoms with E-state index in [0.717, 1.165) is 22.2 Å². The molecule has 1 aromatic rings. The van der Waals surface area contributed by atoms with Crippen LogP contribution in [0.15, 0.2) is 22.7 Å². The minimum atomic E-state index is -0.298. The van der Waals surface area contributed by atoms with Crippen LogP contribution in [-0.2, 0) is 6.42 Å². The van der Waals surface area contributed by atoms with E-state index in [-0.39, 0.29) is 6.10 Å². The first kappa shape index (κ1) is 13.5. The van der Waals surface area contributed by atoms with Gasteiger partial charge in [-0.15, -0.1) is 0 Å². The molecule has 0 saturated carbocycles. The van der Waals surface area contributed by atoms with E-state index in [1.165, 1.54) is 0 Å². The Hall–Kier alpha value is -0.540. The molecule has 0 spiro atoms. The molecule has 0 aliphatic carbocycles. The fourth-order valence-corrected chi connectivity index (χ4v) is 1.94. The van der Waals surface area contributed by atoms with Crippen LogP contribution in [0.5, 0.6) is 5.75 Å². The van der Waals surface area contributed by atoms with Crippen molar-refractivity contribution in [3.05, 3.63) is 28.2 Å². The Kier molecular flexibility index (Phi) is 5.29. The van der Waals surface area contributed by atoms with Gasteiger partial charge in [-0.2, -0.15) is 0 Å². The molecule has 0 fully saturated rings. The van der Waals surface area contributed by atoms with Gasteiger partial charge in [-0.1, -0.05) is 36.2 Å². The number of aliphatic hydroxyl groups is 1. The van der Waals surface area contributed by atoms with Crippen molar-refractivity contribution in [3.8, 4) is 5.75 Å². The maximum atomic E-state index is 10.00. The first-order valence-corrected chi connectivity index (χ1v) is 6.38. The maximum absolute atomic E-state index is 10.00. The van der Waals surface area contributed by atoms with Crippen LogP contribution in [0.25, 0.3) is 0 Å². The van der Waals surface area contributed by atoms with Gasteiger partial charge in [0.25, 0.3) is 0 Å². The molecule has 90 valence electrons. The number of hydrogen-bond donors (Lipinski definition) is 1. The van der Waals surface area contributed by atoms with Gasteiger partial charge in [0.2, 0.25) is 0 Å². The minimum Gasteiger partial charge on any atom is -0.497 e. The predicted octanol–water partition coefficient (Wildman–Crippen LogP) is 3.41. The van der Waals surface area contributed by atoms with Crippen LogP contribution in [0.2, 0.25) is 0 Å². The monoisotopic (exact) mass is 286 g/mol. The summed E-state index contributed by atoms with van der Waals surface area (Å²) < 4.78 is 6.20. The number of ether oxygens (including phenoxy) is 1. The summed E-state index contributed by atoms with van der Waals surface area (Å²) in [5.41, 5.74) is 1.09. The van der Waals surface area contributed by atoms with Gasteiger partial charge in [0.05, 0.1) is 13.2 Å². The number of benzene rings is 1. The van der Waals surface area contributed by atoms with Crippen LogP contribution in [0.4, 0.5) is 0 Å². The quantitative estimate of drug-likeness (QED) is 0.899. The van der Waals surface area contributed by atoms with E-state index in [0.29, 0.717) is 12.3 Å². The van der Waals surface area contributed by atoms with Crippen molar-refractivity contribution in [2.75, 3.05) is 7.11 Å². The minimum absolute atomic E-state index is 0.298. The second-order valence-corrected chi connectivity index (χ2v) is 4.97. The average molecular weight is 287 g/mol. The number of methoxy groups -OCH3 is 1. The molecule has 1 N–H and O–H groups in total. The van der Waals surface area contributed by atoms with Crippen LogP contribution in [0.3, 0.4) is 0 Å². The van der Waals surface area contributed by atoms with Gasteiger partial charge in [-0.05, 0) is 36.1 Å². The Labute approximate surface area is 106 Å². The summed E-state index contributed by atoms with van der Waals surface area (Å²) in [6, 6.07) is 5.83. The van der Waals surface area contributed by atoms with Crippen LogP contribution in [-0.4, -0.2) is 18.3 Å². The lowest BCUT2D eigenvalue weighted by atomic mass is 9.96. The van der Waals surface area contributed by atoms with Gasteiger partial charge in [0.15, 0.2) is 0 Å². The topological polar surface area (TPSA) is 29.5 Å². The molecule has 0 aliphatic rings. The van der Waals surface area contributed by atoms with Gasteiger partial charge in [0.1, 0.15) is 5.75 Å². The second kappa shape index (κ2) is 6.26. The van der Waals surface area contributed by atoms with Gasteiger partial charge in [-0.25, -0.2) is 0 Å². The molecular weight excluding hydrogens is 268 g/mol. The molecule has 0 heterocycles. The van der Waals surface area contributed by atoms with Gasteiger partial charge < -0.3 is 9.84 Å². The normalized spacial score (nSPS) is 14.6. The highest BCUT2D eigenvalue weighted by atomic mass is 79.9. The lowest BCUT2D eigenvalue weighted by molar-refractivity contribution is 0.114. The molecule has 2 nitrogen and oxygen atoms in total. The zero-order chi connectivity index (χ0) is 12.1. The second-order valence-electron chi connectivity index (χ2n) is 4.11. The molecule has 0 saturated heterocycles. The third-order valence-electron chi connectivity index (χ3n) is 2.98. The molecule has 1 rings (SSSR count). The standard InChI is InChI=1S/C13H19BrO2/c1-4-9(2)13(15)8-10-7-11(16-3)5-6-12(10)14/h5-7,9,13,15H,4,8H2,1-3H3. The highest BCUT2D eigenvalue weighted by molar-refractivity contribution is 9.10. The van der Waals surface area contributed by atoms with E-state index in [2.05, 4.69) is 29.8 Å². The summed E-state index contributed by atoms with van der Waals surface area (Å²) in [4.78, 5) is 0. The predicted molar refractivity (Wildman–Crippen MR) is 69.9 cm³/mol. The molecule has 16 heavy (non-hydrogen) atoms. The number of halogens is 1. The van der Waals surface area contributed by atoms with Crippen LogP contribution in [0, 0.1) is 5.92 Å². The van der Waals surface area contributed by atoms with E-state index >= 15 is 0 Å². The SMILES string of the molecule is CCC(C)C(O)Cc1cc(OC)ccc1Br. The summed E-state index contributed by atoms with van der Waals surface area (Å²) in [6.45, 7) is 4.16. The van der Waals surface area contributed by atoms with Gasteiger partial charge >= 0.3 is 0 Å². The number of aliphatic hydroxyl groups excluding tert-OH is 1. The summed E-state index contributed by atoms with van der Waals surface area (Å²) >= 11 is 3.49. The smallest absolute Gasteiger partial charge is 0.119 e. The summed E-state index contributed by atoms with van der Waals surface area (Å²) in [6.07, 6.45) is 1.35. The van der Waals surface area contributed by atoms with Crippen molar-refractivity contribution in [3.63, 3.8) is 0 Å². The van der Waals surface area contributed by atoms with E-state index < -0.39 is 0 Å². The Morgan fingerprint density at radius 2 is 2.12 bits per heavy atom. The Bertz CT molecular complexity index is 339. The van der Waals surface area contributed by atoms with Crippen LogP contribution < -0.4 is 4.74 Å². The van der Waals surface area contributed by atoms with Crippen LogP contribution in [0.1, 0.15) is 25.8 Å². The fourth-order valence-electron chi connectivity index (χ4n) is 1.53. The fraction of sp³-hybridized carbons (Fsp3) is 0.538. The van der Waals surface area contributed by atoms with Gasteiger partial charge in [0, 0.05) is 4.47 Å². The Morgan fingerprint density at radius 3 is 2.69 bits per heavy atom. The molecule has 1 aromatic carbocycles. The maximum Gasteiger partial charge on any atom is 0.119 e. The van der Waals surface area contributed by atoms with E-state index in [9.17, 15) is 5.11 Å².